The van der Waals surface area contributed by atoms with Crippen molar-refractivity contribution in [1.29, 1.82) is 0 Å². The monoisotopic (exact) mass is 458 g/mol. The lowest BCUT2D eigenvalue weighted by molar-refractivity contribution is 0.631. The molecule has 1 aliphatic rings. The molecule has 0 radical (unpaired) electrons. The SMILES string of the molecule is CCc1ccc(-n2c(N3CCN(c4cc(Cl)ccc4C)CC3)nc3ccccc3c2=O)cc1. The third-order valence-corrected chi connectivity index (χ3v) is 6.67. The molecule has 5 nitrogen and oxygen atoms in total. The average Bonchev–Trinajstić information content (AvgIpc) is 2.86. The number of fused-ring (bicyclic) bond motifs is 1. The summed E-state index contributed by atoms with van der Waals surface area (Å²) in [6.07, 6.45) is 0.961. The Labute approximate surface area is 198 Å². The molecule has 0 N–H and O–H groups in total. The van der Waals surface area contributed by atoms with Crippen molar-refractivity contribution in [2.24, 2.45) is 0 Å². The summed E-state index contributed by atoms with van der Waals surface area (Å²) in [5.74, 6) is 0.699. The van der Waals surface area contributed by atoms with Gasteiger partial charge in [-0.05, 0) is 60.9 Å². The van der Waals surface area contributed by atoms with Crippen LogP contribution in [0.4, 0.5) is 11.6 Å². The molecule has 0 atom stereocenters. The van der Waals surface area contributed by atoms with E-state index in [1.807, 2.05) is 48.5 Å². The molecule has 5 rings (SSSR count). The van der Waals surface area contributed by atoms with Gasteiger partial charge in [0.15, 0.2) is 0 Å². The molecule has 2 heterocycles. The van der Waals surface area contributed by atoms with Gasteiger partial charge in [0, 0.05) is 36.9 Å². The highest BCUT2D eigenvalue weighted by Crippen LogP contribution is 2.27. The number of hydrogen-bond acceptors (Lipinski definition) is 4. The molecule has 1 aliphatic heterocycles. The second-order valence-corrected chi connectivity index (χ2v) is 8.93. The molecule has 0 amide bonds. The molecule has 0 spiro atoms. The largest absolute Gasteiger partial charge is 0.368 e. The number of anilines is 2. The molecule has 168 valence electrons. The Hall–Kier alpha value is -3.31. The van der Waals surface area contributed by atoms with Crippen molar-refractivity contribution in [3.05, 3.63) is 93.2 Å². The first-order valence-corrected chi connectivity index (χ1v) is 11.8. The van der Waals surface area contributed by atoms with E-state index in [9.17, 15) is 4.79 Å². The van der Waals surface area contributed by atoms with Gasteiger partial charge < -0.3 is 9.80 Å². The highest BCUT2D eigenvalue weighted by molar-refractivity contribution is 6.30. The van der Waals surface area contributed by atoms with Crippen LogP contribution in [0.1, 0.15) is 18.1 Å². The Kier molecular flexibility index (Phi) is 5.81. The molecule has 3 aromatic carbocycles. The smallest absolute Gasteiger partial charge is 0.267 e. The molecule has 0 bridgehead atoms. The number of halogens is 1. The van der Waals surface area contributed by atoms with Gasteiger partial charge >= 0.3 is 0 Å². The van der Waals surface area contributed by atoms with Gasteiger partial charge in [-0.25, -0.2) is 9.55 Å². The minimum absolute atomic E-state index is 0.0343. The lowest BCUT2D eigenvalue weighted by Gasteiger charge is -2.38. The van der Waals surface area contributed by atoms with Crippen LogP contribution in [-0.4, -0.2) is 35.7 Å². The van der Waals surface area contributed by atoms with E-state index < -0.39 is 0 Å². The van der Waals surface area contributed by atoms with Gasteiger partial charge in [-0.15, -0.1) is 0 Å². The van der Waals surface area contributed by atoms with Crippen molar-refractivity contribution in [1.82, 2.24) is 9.55 Å². The summed E-state index contributed by atoms with van der Waals surface area (Å²) >= 11 is 6.26. The van der Waals surface area contributed by atoms with Crippen molar-refractivity contribution in [2.75, 3.05) is 36.0 Å². The quantitative estimate of drug-likeness (QED) is 0.419. The average molecular weight is 459 g/mol. The molecule has 6 heteroatoms. The van der Waals surface area contributed by atoms with Gasteiger partial charge in [-0.2, -0.15) is 0 Å². The Morgan fingerprint density at radius 3 is 2.33 bits per heavy atom. The summed E-state index contributed by atoms with van der Waals surface area (Å²) in [6.45, 7) is 7.44. The van der Waals surface area contributed by atoms with Crippen LogP contribution in [0.3, 0.4) is 0 Å². The molecular weight excluding hydrogens is 432 g/mol. The number of aromatic nitrogens is 2. The first kappa shape index (κ1) is 21.5. The van der Waals surface area contributed by atoms with Crippen molar-refractivity contribution in [3.63, 3.8) is 0 Å². The second-order valence-electron chi connectivity index (χ2n) is 8.49. The lowest BCUT2D eigenvalue weighted by atomic mass is 10.1. The molecule has 1 fully saturated rings. The number of hydrogen-bond donors (Lipinski definition) is 0. The molecule has 0 saturated carbocycles. The Morgan fingerprint density at radius 2 is 1.61 bits per heavy atom. The van der Waals surface area contributed by atoms with Crippen molar-refractivity contribution in [2.45, 2.75) is 20.3 Å². The topological polar surface area (TPSA) is 41.4 Å². The molecule has 1 aromatic heterocycles. The summed E-state index contributed by atoms with van der Waals surface area (Å²) in [7, 11) is 0. The zero-order valence-corrected chi connectivity index (χ0v) is 19.7. The zero-order valence-electron chi connectivity index (χ0n) is 19.0. The number of piperazine rings is 1. The van der Waals surface area contributed by atoms with Crippen LogP contribution in [0.25, 0.3) is 16.6 Å². The fraction of sp³-hybridized carbons (Fsp3) is 0.259. The van der Waals surface area contributed by atoms with E-state index >= 15 is 0 Å². The number of para-hydroxylation sites is 1. The van der Waals surface area contributed by atoms with E-state index in [0.717, 1.165) is 48.8 Å². The van der Waals surface area contributed by atoms with Crippen LogP contribution in [0.2, 0.25) is 5.02 Å². The molecule has 4 aromatic rings. The molecule has 0 aliphatic carbocycles. The maximum absolute atomic E-state index is 13.6. The van der Waals surface area contributed by atoms with Crippen LogP contribution in [-0.2, 0) is 6.42 Å². The second kappa shape index (κ2) is 8.91. The number of rotatable bonds is 4. The van der Waals surface area contributed by atoms with E-state index in [1.165, 1.54) is 16.8 Å². The van der Waals surface area contributed by atoms with Gasteiger partial charge in [-0.3, -0.25) is 4.79 Å². The molecule has 1 saturated heterocycles. The zero-order chi connectivity index (χ0) is 22.9. The fourth-order valence-electron chi connectivity index (χ4n) is 4.52. The normalized spacial score (nSPS) is 14.2. The van der Waals surface area contributed by atoms with E-state index in [0.29, 0.717) is 11.3 Å². The Bertz CT molecular complexity index is 1360. The Balaban J connectivity index is 1.53. The highest BCUT2D eigenvalue weighted by atomic mass is 35.5. The van der Waals surface area contributed by atoms with Crippen molar-refractivity contribution in [3.8, 4) is 5.69 Å². The van der Waals surface area contributed by atoms with Crippen LogP contribution >= 0.6 is 11.6 Å². The number of nitrogens with zero attached hydrogens (tertiary/aromatic N) is 4. The summed E-state index contributed by atoms with van der Waals surface area (Å²) in [5, 5.41) is 1.38. The first-order valence-electron chi connectivity index (χ1n) is 11.4. The van der Waals surface area contributed by atoms with Gasteiger partial charge in [0.1, 0.15) is 0 Å². The molecular formula is C27H27ClN4O. The predicted octanol–water partition coefficient (Wildman–Crippen LogP) is 5.24. The number of benzene rings is 3. The van der Waals surface area contributed by atoms with E-state index in [-0.39, 0.29) is 5.56 Å². The highest BCUT2D eigenvalue weighted by Gasteiger charge is 2.24. The minimum Gasteiger partial charge on any atom is -0.368 e. The van der Waals surface area contributed by atoms with Crippen LogP contribution in [0, 0.1) is 6.92 Å². The maximum Gasteiger partial charge on any atom is 0.267 e. The van der Waals surface area contributed by atoms with Gasteiger partial charge in [0.25, 0.3) is 5.56 Å². The summed E-state index contributed by atoms with van der Waals surface area (Å²) in [4.78, 5) is 23.1. The van der Waals surface area contributed by atoms with Crippen molar-refractivity contribution < 1.29 is 0 Å². The van der Waals surface area contributed by atoms with Crippen LogP contribution < -0.4 is 15.4 Å². The van der Waals surface area contributed by atoms with Crippen LogP contribution in [0.15, 0.2) is 71.5 Å². The molecule has 33 heavy (non-hydrogen) atoms. The predicted molar refractivity (Wildman–Crippen MR) is 137 cm³/mol. The molecule has 0 unspecified atom stereocenters. The lowest BCUT2D eigenvalue weighted by Crippen LogP contribution is -2.48. The summed E-state index contributed by atoms with van der Waals surface area (Å²) in [5.41, 5.74) is 5.16. The first-order chi connectivity index (χ1) is 16.0. The van der Waals surface area contributed by atoms with E-state index in [1.54, 1.807) is 4.57 Å². The maximum atomic E-state index is 13.6. The summed E-state index contributed by atoms with van der Waals surface area (Å²) < 4.78 is 1.77. The third kappa shape index (κ3) is 4.09. The van der Waals surface area contributed by atoms with Gasteiger partial charge in [0.05, 0.1) is 16.6 Å². The standard InChI is InChI=1S/C27H27ClN4O/c1-3-20-9-12-22(13-10-20)32-26(33)23-6-4-5-7-24(23)29-27(32)31-16-14-30(15-17-31)25-18-21(28)11-8-19(25)2/h4-13,18H,3,14-17H2,1-2H3. The fourth-order valence-corrected chi connectivity index (χ4v) is 4.68. The van der Waals surface area contributed by atoms with Crippen molar-refractivity contribution >= 4 is 34.1 Å². The van der Waals surface area contributed by atoms with E-state index in [4.69, 9.17) is 16.6 Å². The number of aryl methyl sites for hydroxylation is 2. The summed E-state index contributed by atoms with van der Waals surface area (Å²) in [6, 6.07) is 21.8. The van der Waals surface area contributed by atoms with E-state index in [2.05, 4.69) is 41.8 Å². The van der Waals surface area contributed by atoms with Gasteiger partial charge in [0.2, 0.25) is 5.95 Å². The third-order valence-electron chi connectivity index (χ3n) is 6.44. The minimum atomic E-state index is -0.0343. The van der Waals surface area contributed by atoms with Crippen LogP contribution in [0.5, 0.6) is 0 Å². The Morgan fingerprint density at radius 1 is 0.909 bits per heavy atom. The van der Waals surface area contributed by atoms with Gasteiger partial charge in [-0.1, -0.05) is 48.9 Å².